The first kappa shape index (κ1) is 5.94. The van der Waals surface area contributed by atoms with E-state index in [-0.39, 0.29) is 23.7 Å². The van der Waals surface area contributed by atoms with E-state index in [0.717, 1.165) is 0 Å². The molecule has 5 fully saturated rings. The van der Waals surface area contributed by atoms with E-state index in [0.29, 0.717) is 35.2 Å². The van der Waals surface area contributed by atoms with Crippen molar-refractivity contribution in [2.75, 3.05) is 0 Å². The third-order valence-electron chi connectivity index (χ3n) is 5.82. The normalized spacial score (nSPS) is 74.2. The molecule has 5 saturated carbocycles. The lowest BCUT2D eigenvalue weighted by molar-refractivity contribution is -0.145. The topological polar surface area (TPSA) is 34.1 Å². The van der Waals surface area contributed by atoms with Crippen LogP contribution in [0.3, 0.4) is 0 Å². The van der Waals surface area contributed by atoms with E-state index in [1.807, 2.05) is 0 Å². The van der Waals surface area contributed by atoms with Gasteiger partial charge in [-0.15, -0.1) is 0 Å². The zero-order valence-electron chi connectivity index (χ0n) is 7.14. The van der Waals surface area contributed by atoms with Crippen LogP contribution >= 0.6 is 0 Å². The molecule has 0 saturated heterocycles. The van der Waals surface area contributed by atoms with Gasteiger partial charge in [-0.2, -0.15) is 0 Å². The van der Waals surface area contributed by atoms with Gasteiger partial charge < -0.3 is 0 Å². The summed E-state index contributed by atoms with van der Waals surface area (Å²) < 4.78 is 0. The number of carbonyl (C=O) groups is 2. The van der Waals surface area contributed by atoms with E-state index in [9.17, 15) is 9.59 Å². The molecule has 0 aromatic heterocycles. The van der Waals surface area contributed by atoms with Gasteiger partial charge >= 0.3 is 0 Å². The predicted molar refractivity (Wildman–Crippen MR) is 42.6 cm³/mol. The predicted octanol–water partition coefficient (Wildman–Crippen LogP) is 0.512. The SMILES string of the molecule is O=C1[C@@H]2[C@@H]3C[C@H]4[C@H]2C(=O)[C@H]2[C@@H]1[C@H]3[C@H]42. The molecule has 5 aliphatic rings. The van der Waals surface area contributed by atoms with Crippen molar-refractivity contribution in [3.63, 3.8) is 0 Å². The first-order valence-corrected chi connectivity index (χ1v) is 5.38. The van der Waals surface area contributed by atoms with Crippen molar-refractivity contribution in [1.29, 1.82) is 0 Å². The molecule has 0 aromatic carbocycles. The molecular formula is C11H10O2. The van der Waals surface area contributed by atoms with Gasteiger partial charge in [0.2, 0.25) is 0 Å². The number of fused-ring (bicyclic) bond motifs is 2. The summed E-state index contributed by atoms with van der Waals surface area (Å²) in [5.41, 5.74) is 0. The number of carbonyl (C=O) groups excluding carboxylic acids is 2. The average molecular weight is 174 g/mol. The van der Waals surface area contributed by atoms with Gasteiger partial charge in [-0.3, -0.25) is 9.59 Å². The summed E-state index contributed by atoms with van der Waals surface area (Å²) in [5.74, 6) is 4.49. The molecule has 0 N–H and O–H groups in total. The van der Waals surface area contributed by atoms with E-state index in [4.69, 9.17) is 0 Å². The summed E-state index contributed by atoms with van der Waals surface area (Å²) in [6.07, 6.45) is 1.22. The Morgan fingerprint density at radius 2 is 1.23 bits per heavy atom. The van der Waals surface area contributed by atoms with Gasteiger partial charge in [0.05, 0.1) is 0 Å². The van der Waals surface area contributed by atoms with Crippen molar-refractivity contribution in [3.8, 4) is 0 Å². The van der Waals surface area contributed by atoms with Crippen molar-refractivity contribution in [3.05, 3.63) is 0 Å². The highest BCUT2D eigenvalue weighted by Gasteiger charge is 2.84. The van der Waals surface area contributed by atoms with Gasteiger partial charge in [-0.05, 0) is 30.1 Å². The highest BCUT2D eigenvalue weighted by molar-refractivity contribution is 6.06. The van der Waals surface area contributed by atoms with E-state index in [1.54, 1.807) is 0 Å². The summed E-state index contributed by atoms with van der Waals surface area (Å²) in [4.78, 5) is 23.8. The second-order valence-corrected chi connectivity index (χ2v) is 5.63. The van der Waals surface area contributed by atoms with Gasteiger partial charge in [-0.1, -0.05) is 0 Å². The van der Waals surface area contributed by atoms with E-state index < -0.39 is 0 Å². The van der Waals surface area contributed by atoms with Crippen LogP contribution < -0.4 is 0 Å². The highest BCUT2D eigenvalue weighted by atomic mass is 16.1. The summed E-state index contributed by atoms with van der Waals surface area (Å²) >= 11 is 0. The van der Waals surface area contributed by atoms with Crippen molar-refractivity contribution in [1.82, 2.24) is 0 Å². The Balaban J connectivity index is 1.92. The third kappa shape index (κ3) is 0.323. The van der Waals surface area contributed by atoms with Crippen LogP contribution in [0.15, 0.2) is 0 Å². The largest absolute Gasteiger partial charge is 0.299 e. The van der Waals surface area contributed by atoms with Crippen LogP contribution in [0.1, 0.15) is 6.42 Å². The Morgan fingerprint density at radius 3 is 1.69 bits per heavy atom. The summed E-state index contributed by atoms with van der Waals surface area (Å²) in [5, 5.41) is 0. The Labute approximate surface area is 75.7 Å². The zero-order chi connectivity index (χ0) is 8.48. The van der Waals surface area contributed by atoms with Gasteiger partial charge in [0, 0.05) is 23.7 Å². The molecule has 0 spiro atoms. The monoisotopic (exact) mass is 174 g/mol. The third-order valence-corrected chi connectivity index (χ3v) is 5.82. The fourth-order valence-electron chi connectivity index (χ4n) is 5.80. The first-order valence-electron chi connectivity index (χ1n) is 5.38. The van der Waals surface area contributed by atoms with Gasteiger partial charge in [0.1, 0.15) is 11.6 Å². The van der Waals surface area contributed by atoms with Crippen LogP contribution in [0, 0.1) is 47.3 Å². The molecular weight excluding hydrogens is 164 g/mol. The van der Waals surface area contributed by atoms with Crippen molar-refractivity contribution < 1.29 is 9.59 Å². The molecule has 0 aromatic rings. The molecule has 0 unspecified atom stereocenters. The molecule has 0 aliphatic heterocycles. The van der Waals surface area contributed by atoms with Crippen LogP contribution in [0.2, 0.25) is 0 Å². The summed E-state index contributed by atoms with van der Waals surface area (Å²) in [6.45, 7) is 0. The second kappa shape index (κ2) is 1.32. The number of rotatable bonds is 0. The van der Waals surface area contributed by atoms with E-state index in [2.05, 4.69) is 0 Å². The molecule has 66 valence electrons. The molecule has 0 radical (unpaired) electrons. The highest BCUT2D eigenvalue weighted by Crippen LogP contribution is 2.80. The molecule has 2 bridgehead atoms. The fraction of sp³-hybridized carbons (Fsp3) is 0.818. The Kier molecular flexibility index (Phi) is 0.602. The minimum absolute atomic E-state index is 0.211. The molecule has 2 nitrogen and oxygen atoms in total. The van der Waals surface area contributed by atoms with Crippen LogP contribution in [0.4, 0.5) is 0 Å². The smallest absolute Gasteiger partial charge is 0.141 e. The van der Waals surface area contributed by atoms with Crippen molar-refractivity contribution >= 4 is 11.6 Å². The molecule has 5 rings (SSSR count). The lowest BCUT2D eigenvalue weighted by atomic mass is 9.59. The average Bonchev–Trinajstić information content (AvgIpc) is 2.52. The number of hydrogen-bond acceptors (Lipinski definition) is 2. The maximum atomic E-state index is 11.9. The number of Topliss-reactive ketones (excluding diaryl/α,β-unsaturated/α-hetero) is 2. The van der Waals surface area contributed by atoms with Gasteiger partial charge in [0.15, 0.2) is 0 Å². The number of hydrogen-bond donors (Lipinski definition) is 0. The molecule has 8 atom stereocenters. The van der Waals surface area contributed by atoms with Crippen LogP contribution in [-0.4, -0.2) is 11.6 Å². The number of ketones is 2. The van der Waals surface area contributed by atoms with Gasteiger partial charge in [-0.25, -0.2) is 0 Å². The summed E-state index contributed by atoms with van der Waals surface area (Å²) in [6, 6.07) is 0. The van der Waals surface area contributed by atoms with E-state index in [1.165, 1.54) is 6.42 Å². The molecule has 2 heteroatoms. The minimum Gasteiger partial charge on any atom is -0.299 e. The fourth-order valence-corrected chi connectivity index (χ4v) is 5.80. The maximum Gasteiger partial charge on any atom is 0.141 e. The molecule has 5 aliphatic carbocycles. The molecule has 0 amide bonds. The first-order chi connectivity index (χ1) is 6.30. The van der Waals surface area contributed by atoms with Gasteiger partial charge in [0.25, 0.3) is 0 Å². The minimum atomic E-state index is 0.211. The Hall–Kier alpha value is -0.660. The molecule has 13 heavy (non-hydrogen) atoms. The second-order valence-electron chi connectivity index (χ2n) is 5.63. The lowest BCUT2D eigenvalue weighted by Crippen LogP contribution is -2.47. The lowest BCUT2D eigenvalue weighted by Gasteiger charge is -2.42. The zero-order valence-corrected chi connectivity index (χ0v) is 7.14. The van der Waals surface area contributed by atoms with Crippen LogP contribution in [0.25, 0.3) is 0 Å². The van der Waals surface area contributed by atoms with Crippen molar-refractivity contribution in [2.24, 2.45) is 47.3 Å². The summed E-state index contributed by atoms with van der Waals surface area (Å²) in [7, 11) is 0. The van der Waals surface area contributed by atoms with Crippen molar-refractivity contribution in [2.45, 2.75) is 6.42 Å². The quantitative estimate of drug-likeness (QED) is 0.536. The molecule has 0 heterocycles. The Bertz CT molecular complexity index is 346. The standard InChI is InChI=1S/C11H10O2/c12-10-6-2-1-3-5-4(2)8(10)9(5)11(13)7(3)6/h2-9H,1H2/t2-,3-,4-,5+,6-,7-,8+,9-/m1/s1. The van der Waals surface area contributed by atoms with Crippen LogP contribution in [-0.2, 0) is 9.59 Å². The maximum absolute atomic E-state index is 11.9. The Morgan fingerprint density at radius 1 is 0.769 bits per heavy atom. The van der Waals surface area contributed by atoms with Crippen LogP contribution in [0.5, 0.6) is 0 Å². The van der Waals surface area contributed by atoms with E-state index >= 15 is 0 Å².